The molecule has 6 heteroatoms. The number of nitrogens with zero attached hydrogens (tertiary/aromatic N) is 2. The highest BCUT2D eigenvalue weighted by Gasteiger charge is 2.19. The van der Waals surface area contributed by atoms with E-state index < -0.39 is 0 Å². The van der Waals surface area contributed by atoms with E-state index >= 15 is 0 Å². The Morgan fingerprint density at radius 1 is 1.37 bits per heavy atom. The number of carbonyl (C=O) groups is 1. The summed E-state index contributed by atoms with van der Waals surface area (Å²) in [5.41, 5.74) is 3.43. The molecule has 5 nitrogen and oxygen atoms in total. The molecule has 1 aliphatic rings. The molecule has 1 saturated heterocycles. The van der Waals surface area contributed by atoms with E-state index in [0.29, 0.717) is 12.5 Å². The maximum absolute atomic E-state index is 13.2. The smallest absolute Gasteiger partial charge is 0.224 e. The fourth-order valence-corrected chi connectivity index (χ4v) is 3.63. The van der Waals surface area contributed by atoms with E-state index in [9.17, 15) is 9.18 Å². The van der Waals surface area contributed by atoms with Crippen LogP contribution >= 0.6 is 0 Å². The Morgan fingerprint density at radius 3 is 2.78 bits per heavy atom. The van der Waals surface area contributed by atoms with Crippen molar-refractivity contribution in [1.82, 2.24) is 15.1 Å². The molecule has 1 amide bonds. The predicted octanol–water partition coefficient (Wildman–Crippen LogP) is 3.63. The summed E-state index contributed by atoms with van der Waals surface area (Å²) < 4.78 is 20.6. The molecular weight excluding hydrogens is 345 g/mol. The lowest BCUT2D eigenvalue weighted by Gasteiger charge is -2.16. The molecule has 0 radical (unpaired) electrons. The van der Waals surface area contributed by atoms with Crippen LogP contribution in [0.2, 0.25) is 0 Å². The number of hydrogen-bond donors (Lipinski definition) is 1. The van der Waals surface area contributed by atoms with E-state index in [4.69, 9.17) is 4.74 Å². The van der Waals surface area contributed by atoms with E-state index in [0.717, 1.165) is 54.9 Å². The number of nitrogens with one attached hydrogen (secondary N) is 1. The molecule has 2 atom stereocenters. The second kappa shape index (κ2) is 8.65. The SMILES string of the molecule is Cc1nn(-c2ccc(F)cc2)c(C)c1CC(=O)N[C@@H](C)CC[C@@H]1CCCO1. The summed E-state index contributed by atoms with van der Waals surface area (Å²) in [5.74, 6) is -0.281. The van der Waals surface area contributed by atoms with Crippen molar-refractivity contribution in [2.45, 2.75) is 65.0 Å². The molecule has 0 aliphatic carbocycles. The van der Waals surface area contributed by atoms with Gasteiger partial charge in [0.1, 0.15) is 5.82 Å². The average molecular weight is 373 g/mol. The average Bonchev–Trinajstić information content (AvgIpc) is 3.24. The van der Waals surface area contributed by atoms with Gasteiger partial charge in [0, 0.05) is 23.9 Å². The minimum atomic E-state index is -0.281. The van der Waals surface area contributed by atoms with Crippen molar-refractivity contribution in [2.75, 3.05) is 6.61 Å². The highest BCUT2D eigenvalue weighted by molar-refractivity contribution is 5.79. The molecule has 3 rings (SSSR count). The predicted molar refractivity (Wildman–Crippen MR) is 103 cm³/mol. The van der Waals surface area contributed by atoms with Crippen LogP contribution in [0.5, 0.6) is 0 Å². The van der Waals surface area contributed by atoms with Gasteiger partial charge in [-0.3, -0.25) is 4.79 Å². The van der Waals surface area contributed by atoms with Gasteiger partial charge in [-0.15, -0.1) is 0 Å². The summed E-state index contributed by atoms with van der Waals surface area (Å²) in [5, 5.41) is 7.61. The van der Waals surface area contributed by atoms with Gasteiger partial charge in [0.25, 0.3) is 0 Å². The molecule has 146 valence electrons. The zero-order chi connectivity index (χ0) is 19.4. The molecular formula is C21H28FN3O2. The third-order valence-electron chi connectivity index (χ3n) is 5.20. The van der Waals surface area contributed by atoms with Crippen LogP contribution in [-0.2, 0) is 16.0 Å². The highest BCUT2D eigenvalue weighted by atomic mass is 19.1. The van der Waals surface area contributed by atoms with Crippen LogP contribution in [0.1, 0.15) is 49.6 Å². The first-order chi connectivity index (χ1) is 12.9. The number of ether oxygens (including phenoxy) is 1. The number of aryl methyl sites for hydroxylation is 1. The lowest BCUT2D eigenvalue weighted by molar-refractivity contribution is -0.121. The van der Waals surface area contributed by atoms with E-state index in [-0.39, 0.29) is 17.8 Å². The Bertz CT molecular complexity index is 779. The van der Waals surface area contributed by atoms with Crippen molar-refractivity contribution in [1.29, 1.82) is 0 Å². The molecule has 1 fully saturated rings. The lowest BCUT2D eigenvalue weighted by atomic mass is 10.1. The molecule has 1 N–H and O–H groups in total. The van der Waals surface area contributed by atoms with Crippen LogP contribution in [0.25, 0.3) is 5.69 Å². The molecule has 2 heterocycles. The Morgan fingerprint density at radius 2 is 2.11 bits per heavy atom. The Labute approximate surface area is 159 Å². The molecule has 1 aromatic heterocycles. The minimum Gasteiger partial charge on any atom is -0.378 e. The van der Waals surface area contributed by atoms with Gasteiger partial charge in [-0.05, 0) is 70.7 Å². The monoisotopic (exact) mass is 373 g/mol. The molecule has 0 saturated carbocycles. The fraction of sp³-hybridized carbons (Fsp3) is 0.524. The zero-order valence-electron chi connectivity index (χ0n) is 16.3. The summed E-state index contributed by atoms with van der Waals surface area (Å²) in [6.45, 7) is 6.74. The maximum Gasteiger partial charge on any atom is 0.224 e. The van der Waals surface area contributed by atoms with Crippen molar-refractivity contribution >= 4 is 5.91 Å². The van der Waals surface area contributed by atoms with Gasteiger partial charge >= 0.3 is 0 Å². The van der Waals surface area contributed by atoms with E-state index in [2.05, 4.69) is 10.4 Å². The van der Waals surface area contributed by atoms with Crippen LogP contribution in [0.3, 0.4) is 0 Å². The van der Waals surface area contributed by atoms with Crippen molar-refractivity contribution in [2.24, 2.45) is 0 Å². The van der Waals surface area contributed by atoms with Crippen LogP contribution in [0, 0.1) is 19.7 Å². The third-order valence-corrected chi connectivity index (χ3v) is 5.20. The molecule has 0 bridgehead atoms. The van der Waals surface area contributed by atoms with Gasteiger partial charge in [0.05, 0.1) is 23.9 Å². The van der Waals surface area contributed by atoms with E-state index in [1.54, 1.807) is 16.8 Å². The molecule has 0 unspecified atom stereocenters. The van der Waals surface area contributed by atoms with E-state index in [1.165, 1.54) is 12.1 Å². The second-order valence-corrected chi connectivity index (χ2v) is 7.40. The molecule has 2 aromatic rings. The summed E-state index contributed by atoms with van der Waals surface area (Å²) >= 11 is 0. The van der Waals surface area contributed by atoms with Gasteiger partial charge in [0.2, 0.25) is 5.91 Å². The van der Waals surface area contributed by atoms with Crippen LogP contribution in [-0.4, -0.2) is 34.4 Å². The first kappa shape index (κ1) is 19.5. The quantitative estimate of drug-likeness (QED) is 0.806. The van der Waals surface area contributed by atoms with Crippen molar-refractivity contribution in [3.05, 3.63) is 47.0 Å². The normalized spacial score (nSPS) is 17.9. The van der Waals surface area contributed by atoms with Crippen molar-refractivity contribution < 1.29 is 13.9 Å². The maximum atomic E-state index is 13.2. The largest absolute Gasteiger partial charge is 0.378 e. The first-order valence-corrected chi connectivity index (χ1v) is 9.66. The number of carbonyl (C=O) groups excluding carboxylic acids is 1. The van der Waals surface area contributed by atoms with Crippen LogP contribution in [0.4, 0.5) is 4.39 Å². The van der Waals surface area contributed by atoms with Crippen LogP contribution < -0.4 is 5.32 Å². The molecule has 1 aliphatic heterocycles. The lowest BCUT2D eigenvalue weighted by Crippen LogP contribution is -2.34. The fourth-order valence-electron chi connectivity index (χ4n) is 3.63. The van der Waals surface area contributed by atoms with E-state index in [1.807, 2.05) is 20.8 Å². The van der Waals surface area contributed by atoms with Gasteiger partial charge in [-0.25, -0.2) is 9.07 Å². The number of amides is 1. The number of aromatic nitrogens is 2. The Hall–Kier alpha value is -2.21. The minimum absolute atomic E-state index is 0.000281. The van der Waals surface area contributed by atoms with Gasteiger partial charge in [-0.2, -0.15) is 5.10 Å². The second-order valence-electron chi connectivity index (χ2n) is 7.40. The molecule has 1 aromatic carbocycles. The summed E-state index contributed by atoms with van der Waals surface area (Å²) in [6.07, 6.45) is 4.82. The van der Waals surface area contributed by atoms with Crippen molar-refractivity contribution in [3.63, 3.8) is 0 Å². The number of rotatable bonds is 7. The number of benzene rings is 1. The first-order valence-electron chi connectivity index (χ1n) is 9.66. The standard InChI is InChI=1S/C21H28FN3O2/c1-14(6-11-19-5-4-12-27-19)23-21(26)13-20-15(2)24-25(16(20)3)18-9-7-17(22)8-10-18/h7-10,14,19H,4-6,11-13H2,1-3H3,(H,23,26)/t14-,19-/m0/s1. The molecule has 27 heavy (non-hydrogen) atoms. The number of halogens is 1. The zero-order valence-corrected chi connectivity index (χ0v) is 16.3. The summed E-state index contributed by atoms with van der Waals surface area (Å²) in [4.78, 5) is 12.5. The summed E-state index contributed by atoms with van der Waals surface area (Å²) in [6, 6.07) is 6.31. The van der Waals surface area contributed by atoms with Crippen molar-refractivity contribution in [3.8, 4) is 5.69 Å². The highest BCUT2D eigenvalue weighted by Crippen LogP contribution is 2.20. The Kier molecular flexibility index (Phi) is 6.26. The molecule has 0 spiro atoms. The topological polar surface area (TPSA) is 56.2 Å². The summed E-state index contributed by atoms with van der Waals surface area (Å²) in [7, 11) is 0. The van der Waals surface area contributed by atoms with Gasteiger partial charge in [-0.1, -0.05) is 0 Å². The van der Waals surface area contributed by atoms with Crippen LogP contribution in [0.15, 0.2) is 24.3 Å². The Balaban J connectivity index is 1.59. The van der Waals surface area contributed by atoms with Gasteiger partial charge in [0.15, 0.2) is 0 Å². The van der Waals surface area contributed by atoms with Gasteiger partial charge < -0.3 is 10.1 Å². The number of hydrogen-bond acceptors (Lipinski definition) is 3. The third kappa shape index (κ3) is 4.95.